The molecule has 0 saturated heterocycles. The van der Waals surface area contributed by atoms with Crippen LogP contribution in [0.1, 0.15) is 31.9 Å². The molecule has 1 rings (SSSR count). The fourth-order valence-corrected chi connectivity index (χ4v) is 1.66. The summed E-state index contributed by atoms with van der Waals surface area (Å²) in [7, 11) is 0. The van der Waals surface area contributed by atoms with Crippen LogP contribution in [-0.2, 0) is 12.7 Å². The summed E-state index contributed by atoms with van der Waals surface area (Å²) in [5, 5.41) is 6.22. The molecule has 0 atom stereocenters. The van der Waals surface area contributed by atoms with Crippen LogP contribution in [0, 0.1) is 5.92 Å². The third-order valence-corrected chi connectivity index (χ3v) is 2.70. The minimum atomic E-state index is -4.32. The van der Waals surface area contributed by atoms with Gasteiger partial charge in [0, 0.05) is 13.1 Å². The molecule has 0 aliphatic heterocycles. The van der Waals surface area contributed by atoms with Crippen molar-refractivity contribution < 1.29 is 13.2 Å². The highest BCUT2D eigenvalue weighted by Gasteiger charge is 2.30. The van der Waals surface area contributed by atoms with Gasteiger partial charge in [0.25, 0.3) is 0 Å². The average Bonchev–Trinajstić information content (AvgIpc) is 2.41. The van der Waals surface area contributed by atoms with Crippen LogP contribution in [0.3, 0.4) is 0 Å². The van der Waals surface area contributed by atoms with Gasteiger partial charge in [0.1, 0.15) is 0 Å². The standard InChI is InChI=1S/C15H22F3N3/c1-4-19-14(20-9-11(2)3)21-10-12-6-5-7-13(8-12)15(16,17)18/h5-8,11H,4,9-10H2,1-3H3,(H2,19,20,21). The first kappa shape index (κ1) is 17.3. The SMILES string of the molecule is CCNC(=NCc1cccc(C(F)(F)F)c1)NCC(C)C. The van der Waals surface area contributed by atoms with E-state index >= 15 is 0 Å². The van der Waals surface area contributed by atoms with Gasteiger partial charge in [-0.1, -0.05) is 26.0 Å². The van der Waals surface area contributed by atoms with Crippen molar-refractivity contribution in [3.63, 3.8) is 0 Å². The van der Waals surface area contributed by atoms with Gasteiger partial charge in [-0.15, -0.1) is 0 Å². The quantitative estimate of drug-likeness (QED) is 0.646. The lowest BCUT2D eigenvalue weighted by Gasteiger charge is -2.13. The van der Waals surface area contributed by atoms with Gasteiger partial charge in [0.2, 0.25) is 0 Å². The van der Waals surface area contributed by atoms with E-state index in [0.717, 1.165) is 18.7 Å². The zero-order valence-corrected chi connectivity index (χ0v) is 12.6. The van der Waals surface area contributed by atoms with Crippen LogP contribution in [0.2, 0.25) is 0 Å². The first-order valence-corrected chi connectivity index (χ1v) is 7.01. The second-order valence-corrected chi connectivity index (χ2v) is 5.17. The summed E-state index contributed by atoms with van der Waals surface area (Å²) in [4.78, 5) is 4.31. The van der Waals surface area contributed by atoms with Crippen molar-refractivity contribution in [1.82, 2.24) is 10.6 Å². The predicted octanol–water partition coefficient (Wildman–Crippen LogP) is 3.42. The lowest BCUT2D eigenvalue weighted by atomic mass is 10.1. The van der Waals surface area contributed by atoms with Crippen molar-refractivity contribution in [2.24, 2.45) is 10.9 Å². The molecule has 0 aliphatic carbocycles. The van der Waals surface area contributed by atoms with Crippen LogP contribution < -0.4 is 10.6 Å². The van der Waals surface area contributed by atoms with Crippen molar-refractivity contribution in [2.45, 2.75) is 33.5 Å². The van der Waals surface area contributed by atoms with Gasteiger partial charge in [-0.25, -0.2) is 4.99 Å². The summed E-state index contributed by atoms with van der Waals surface area (Å²) < 4.78 is 37.9. The smallest absolute Gasteiger partial charge is 0.357 e. The minimum absolute atomic E-state index is 0.206. The van der Waals surface area contributed by atoms with Crippen LogP contribution in [-0.4, -0.2) is 19.0 Å². The van der Waals surface area contributed by atoms with E-state index in [1.807, 2.05) is 6.92 Å². The van der Waals surface area contributed by atoms with Crippen molar-refractivity contribution in [3.05, 3.63) is 35.4 Å². The van der Waals surface area contributed by atoms with Gasteiger partial charge in [0.15, 0.2) is 5.96 Å². The van der Waals surface area contributed by atoms with Crippen molar-refractivity contribution >= 4 is 5.96 Å². The first-order valence-electron chi connectivity index (χ1n) is 7.01. The molecule has 2 N–H and O–H groups in total. The Morgan fingerprint density at radius 1 is 1.24 bits per heavy atom. The molecule has 0 unspecified atom stereocenters. The van der Waals surface area contributed by atoms with Gasteiger partial charge in [-0.05, 0) is 30.5 Å². The van der Waals surface area contributed by atoms with E-state index in [9.17, 15) is 13.2 Å². The fourth-order valence-electron chi connectivity index (χ4n) is 1.66. The van der Waals surface area contributed by atoms with E-state index in [-0.39, 0.29) is 6.54 Å². The molecule has 0 amide bonds. The lowest BCUT2D eigenvalue weighted by molar-refractivity contribution is -0.137. The fraction of sp³-hybridized carbons (Fsp3) is 0.533. The number of guanidine groups is 1. The largest absolute Gasteiger partial charge is 0.416 e. The molecular weight excluding hydrogens is 279 g/mol. The number of halogens is 3. The zero-order valence-electron chi connectivity index (χ0n) is 12.6. The average molecular weight is 301 g/mol. The van der Waals surface area contributed by atoms with Gasteiger partial charge < -0.3 is 10.6 Å². The van der Waals surface area contributed by atoms with Gasteiger partial charge in [-0.2, -0.15) is 13.2 Å². The topological polar surface area (TPSA) is 36.4 Å². The molecule has 1 aromatic rings. The second kappa shape index (κ2) is 7.90. The van der Waals surface area contributed by atoms with E-state index < -0.39 is 11.7 Å². The number of rotatable bonds is 5. The van der Waals surface area contributed by atoms with E-state index in [0.29, 0.717) is 24.0 Å². The lowest BCUT2D eigenvalue weighted by Crippen LogP contribution is -2.39. The Bertz CT molecular complexity index is 467. The Labute approximate surface area is 123 Å². The van der Waals surface area contributed by atoms with Crippen molar-refractivity contribution in [2.75, 3.05) is 13.1 Å². The van der Waals surface area contributed by atoms with Gasteiger partial charge in [0.05, 0.1) is 12.1 Å². The Hall–Kier alpha value is -1.72. The second-order valence-electron chi connectivity index (χ2n) is 5.17. The summed E-state index contributed by atoms with van der Waals surface area (Å²) in [6.45, 7) is 7.75. The molecular formula is C15H22F3N3. The van der Waals surface area contributed by atoms with E-state index in [2.05, 4.69) is 29.5 Å². The number of alkyl halides is 3. The molecule has 0 spiro atoms. The molecule has 0 bridgehead atoms. The third-order valence-electron chi connectivity index (χ3n) is 2.70. The summed E-state index contributed by atoms with van der Waals surface area (Å²) in [6.07, 6.45) is -4.32. The zero-order chi connectivity index (χ0) is 15.9. The molecule has 0 fully saturated rings. The Kier molecular flexibility index (Phi) is 6.52. The molecule has 0 aromatic heterocycles. The van der Waals surface area contributed by atoms with Gasteiger partial charge >= 0.3 is 6.18 Å². The van der Waals surface area contributed by atoms with Crippen LogP contribution in [0.5, 0.6) is 0 Å². The number of nitrogens with one attached hydrogen (secondary N) is 2. The van der Waals surface area contributed by atoms with Gasteiger partial charge in [-0.3, -0.25) is 0 Å². The Morgan fingerprint density at radius 3 is 2.52 bits per heavy atom. The number of nitrogens with zero attached hydrogens (tertiary/aromatic N) is 1. The normalized spacial score (nSPS) is 12.6. The maximum absolute atomic E-state index is 12.6. The molecule has 118 valence electrons. The molecule has 6 heteroatoms. The van der Waals surface area contributed by atoms with Crippen molar-refractivity contribution in [1.29, 1.82) is 0 Å². The van der Waals surface area contributed by atoms with Crippen LogP contribution in [0.4, 0.5) is 13.2 Å². The Morgan fingerprint density at radius 2 is 1.95 bits per heavy atom. The van der Waals surface area contributed by atoms with E-state index in [1.165, 1.54) is 6.07 Å². The van der Waals surface area contributed by atoms with Crippen molar-refractivity contribution in [3.8, 4) is 0 Å². The number of hydrogen-bond donors (Lipinski definition) is 2. The summed E-state index contributed by atoms with van der Waals surface area (Å²) >= 11 is 0. The number of benzene rings is 1. The maximum Gasteiger partial charge on any atom is 0.416 e. The molecule has 0 radical (unpaired) electrons. The summed E-state index contributed by atoms with van der Waals surface area (Å²) in [5.41, 5.74) is -0.109. The summed E-state index contributed by atoms with van der Waals surface area (Å²) in [6, 6.07) is 5.25. The van der Waals surface area contributed by atoms with E-state index in [1.54, 1.807) is 6.07 Å². The molecule has 21 heavy (non-hydrogen) atoms. The van der Waals surface area contributed by atoms with Crippen LogP contribution >= 0.6 is 0 Å². The summed E-state index contributed by atoms with van der Waals surface area (Å²) in [5.74, 6) is 1.08. The molecule has 0 heterocycles. The highest BCUT2D eigenvalue weighted by molar-refractivity contribution is 5.79. The van der Waals surface area contributed by atoms with Crippen LogP contribution in [0.15, 0.2) is 29.3 Å². The molecule has 3 nitrogen and oxygen atoms in total. The third kappa shape index (κ3) is 6.51. The monoisotopic (exact) mass is 301 g/mol. The predicted molar refractivity (Wildman–Crippen MR) is 79.1 cm³/mol. The number of aliphatic imine (C=N–C) groups is 1. The minimum Gasteiger partial charge on any atom is -0.357 e. The molecule has 0 aliphatic rings. The molecule has 0 saturated carbocycles. The number of hydrogen-bond acceptors (Lipinski definition) is 1. The van der Waals surface area contributed by atoms with Crippen LogP contribution in [0.25, 0.3) is 0 Å². The van der Waals surface area contributed by atoms with E-state index in [4.69, 9.17) is 0 Å². The molecule has 1 aromatic carbocycles. The first-order chi connectivity index (χ1) is 9.82. The highest BCUT2D eigenvalue weighted by atomic mass is 19.4. The maximum atomic E-state index is 12.6. The Balaban J connectivity index is 2.75. The highest BCUT2D eigenvalue weighted by Crippen LogP contribution is 2.29.